The number of nitrogens with zero attached hydrogens (tertiary/aromatic N) is 2. The minimum Gasteiger partial charge on any atom is -0.444 e. The second kappa shape index (κ2) is 9.67. The number of ether oxygens (including phenoxy) is 1. The highest BCUT2D eigenvalue weighted by atomic mass is 16.6. The molecule has 1 aromatic rings. The van der Waals surface area contributed by atoms with Gasteiger partial charge in [0.2, 0.25) is 5.91 Å². The molecule has 10 nitrogen and oxygen atoms in total. The molecule has 0 saturated carbocycles. The van der Waals surface area contributed by atoms with Crippen molar-refractivity contribution >= 4 is 29.7 Å². The van der Waals surface area contributed by atoms with Gasteiger partial charge >= 0.3 is 6.09 Å². The number of likely N-dealkylation sites (tertiary alicyclic amines) is 1. The number of piperidine rings is 1. The summed E-state index contributed by atoms with van der Waals surface area (Å²) in [5.41, 5.74) is -0.400. The Kier molecular flexibility index (Phi) is 7.23. The normalized spacial score (nSPS) is 16.7. The zero-order chi connectivity index (χ0) is 26.1. The molecule has 3 rings (SSSR count). The Morgan fingerprint density at radius 3 is 2.14 bits per heavy atom. The number of hydrogen-bond acceptors (Lipinski definition) is 6. The van der Waals surface area contributed by atoms with Gasteiger partial charge in [-0.2, -0.15) is 0 Å². The standard InChI is InChI=1S/C25H34N4O6/c1-24(2,3)29-21(32)17-8-7-15(13-18(17)22(29)33)20(31)28-11-9-16(10-12-28)27-19(30)14-26-23(34)35-25(4,5)6/h7-8,13,16H,9-12,14H2,1-6H3,(H,26,34)(H,27,30). The van der Waals surface area contributed by atoms with Crippen LogP contribution in [-0.4, -0.2) is 76.3 Å². The summed E-state index contributed by atoms with van der Waals surface area (Å²) >= 11 is 0. The molecule has 2 aliphatic rings. The van der Waals surface area contributed by atoms with Gasteiger partial charge in [-0.1, -0.05) is 0 Å². The van der Waals surface area contributed by atoms with E-state index in [9.17, 15) is 24.0 Å². The van der Waals surface area contributed by atoms with Crippen LogP contribution in [0.25, 0.3) is 0 Å². The van der Waals surface area contributed by atoms with Crippen LogP contribution < -0.4 is 10.6 Å². The second-order valence-electron chi connectivity index (χ2n) is 10.9. The van der Waals surface area contributed by atoms with E-state index in [1.54, 1.807) is 58.6 Å². The van der Waals surface area contributed by atoms with E-state index in [1.165, 1.54) is 11.0 Å². The molecule has 0 atom stereocenters. The number of carbonyl (C=O) groups excluding carboxylic acids is 5. The molecule has 2 aliphatic heterocycles. The molecule has 0 spiro atoms. The first-order valence-corrected chi connectivity index (χ1v) is 11.8. The van der Waals surface area contributed by atoms with Crippen LogP contribution in [0.1, 0.15) is 85.5 Å². The van der Waals surface area contributed by atoms with E-state index in [0.29, 0.717) is 37.1 Å². The Bertz CT molecular complexity index is 1050. The van der Waals surface area contributed by atoms with Gasteiger partial charge in [-0.25, -0.2) is 4.79 Å². The van der Waals surface area contributed by atoms with Crippen molar-refractivity contribution in [1.29, 1.82) is 0 Å². The average Bonchev–Trinajstić information content (AvgIpc) is 3.01. The first-order valence-electron chi connectivity index (χ1n) is 11.8. The third kappa shape index (κ3) is 6.17. The number of rotatable bonds is 4. The van der Waals surface area contributed by atoms with Gasteiger partial charge in [0.15, 0.2) is 0 Å². The molecule has 2 heterocycles. The van der Waals surface area contributed by atoms with Crippen molar-refractivity contribution in [3.8, 4) is 0 Å². The van der Waals surface area contributed by atoms with Crippen molar-refractivity contribution in [1.82, 2.24) is 20.4 Å². The highest BCUT2D eigenvalue weighted by Crippen LogP contribution is 2.30. The van der Waals surface area contributed by atoms with E-state index in [0.717, 1.165) is 0 Å². The van der Waals surface area contributed by atoms with E-state index >= 15 is 0 Å². The summed E-state index contributed by atoms with van der Waals surface area (Å²) in [5.74, 6) is -1.30. The van der Waals surface area contributed by atoms with Crippen LogP contribution in [0.4, 0.5) is 4.79 Å². The molecular weight excluding hydrogens is 452 g/mol. The van der Waals surface area contributed by atoms with E-state index in [2.05, 4.69) is 10.6 Å². The van der Waals surface area contributed by atoms with Gasteiger partial charge in [0.25, 0.3) is 17.7 Å². The smallest absolute Gasteiger partial charge is 0.408 e. The van der Waals surface area contributed by atoms with Crippen molar-refractivity contribution < 1.29 is 28.7 Å². The Balaban J connectivity index is 1.53. The number of amides is 5. The van der Waals surface area contributed by atoms with E-state index in [4.69, 9.17) is 4.74 Å². The number of nitrogens with one attached hydrogen (secondary N) is 2. The van der Waals surface area contributed by atoms with Gasteiger partial charge in [0.1, 0.15) is 12.1 Å². The van der Waals surface area contributed by atoms with Gasteiger partial charge in [0.05, 0.1) is 11.1 Å². The van der Waals surface area contributed by atoms with Crippen LogP contribution in [0.15, 0.2) is 18.2 Å². The summed E-state index contributed by atoms with van der Waals surface area (Å²) in [6.45, 7) is 11.3. The number of benzene rings is 1. The van der Waals surface area contributed by atoms with Crippen molar-refractivity contribution in [3.05, 3.63) is 34.9 Å². The lowest BCUT2D eigenvalue weighted by Gasteiger charge is -2.32. The molecule has 0 aliphatic carbocycles. The third-order valence-corrected chi connectivity index (χ3v) is 5.74. The lowest BCUT2D eigenvalue weighted by molar-refractivity contribution is -0.121. The Labute approximate surface area is 205 Å². The number of alkyl carbamates (subject to hydrolysis) is 1. The Hall–Kier alpha value is -3.43. The summed E-state index contributed by atoms with van der Waals surface area (Å²) in [6, 6.07) is 4.50. The molecule has 1 aromatic carbocycles. The van der Waals surface area contributed by atoms with Gasteiger partial charge in [-0.3, -0.25) is 24.1 Å². The first kappa shape index (κ1) is 26.2. The highest BCUT2D eigenvalue weighted by molar-refractivity contribution is 6.22. The first-order chi connectivity index (χ1) is 16.2. The van der Waals surface area contributed by atoms with Crippen LogP contribution in [0.3, 0.4) is 0 Å². The summed E-state index contributed by atoms with van der Waals surface area (Å²) < 4.78 is 5.11. The number of imide groups is 1. The average molecular weight is 487 g/mol. The molecule has 5 amide bonds. The molecule has 10 heteroatoms. The SMILES string of the molecule is CC(C)(C)OC(=O)NCC(=O)NC1CCN(C(=O)c2ccc3c(c2)C(=O)N(C(C)(C)C)C3=O)CC1. The Morgan fingerprint density at radius 1 is 0.971 bits per heavy atom. The monoisotopic (exact) mass is 486 g/mol. The summed E-state index contributed by atoms with van der Waals surface area (Å²) in [5, 5.41) is 5.29. The van der Waals surface area contributed by atoms with Gasteiger partial charge < -0.3 is 20.3 Å². The fourth-order valence-corrected chi connectivity index (χ4v) is 4.14. The number of fused-ring (bicyclic) bond motifs is 1. The summed E-state index contributed by atoms with van der Waals surface area (Å²) in [4.78, 5) is 65.3. The molecule has 1 fully saturated rings. The molecule has 0 aromatic heterocycles. The maximum atomic E-state index is 13.1. The van der Waals surface area contributed by atoms with Crippen LogP contribution in [0.2, 0.25) is 0 Å². The molecule has 190 valence electrons. The molecule has 0 unspecified atom stereocenters. The molecule has 0 radical (unpaired) electrons. The minimum atomic E-state index is -0.661. The zero-order valence-electron chi connectivity index (χ0n) is 21.2. The van der Waals surface area contributed by atoms with Gasteiger partial charge in [-0.15, -0.1) is 0 Å². The molecular formula is C25H34N4O6. The summed E-state index contributed by atoms with van der Waals surface area (Å²) in [7, 11) is 0. The lowest BCUT2D eigenvalue weighted by atomic mass is 10.0. The van der Waals surface area contributed by atoms with Crippen LogP contribution >= 0.6 is 0 Å². The van der Waals surface area contributed by atoms with Crippen molar-refractivity contribution in [3.63, 3.8) is 0 Å². The zero-order valence-corrected chi connectivity index (χ0v) is 21.2. The highest BCUT2D eigenvalue weighted by Gasteiger charge is 2.42. The fraction of sp³-hybridized carbons (Fsp3) is 0.560. The van der Waals surface area contributed by atoms with Gasteiger partial charge in [0, 0.05) is 30.2 Å². The second-order valence-corrected chi connectivity index (χ2v) is 10.9. The van der Waals surface area contributed by atoms with Crippen molar-refractivity contribution in [2.24, 2.45) is 0 Å². The predicted octanol–water partition coefficient (Wildman–Crippen LogP) is 2.33. The maximum Gasteiger partial charge on any atom is 0.408 e. The van der Waals surface area contributed by atoms with Crippen LogP contribution in [0.5, 0.6) is 0 Å². The molecule has 1 saturated heterocycles. The largest absolute Gasteiger partial charge is 0.444 e. The number of hydrogen-bond donors (Lipinski definition) is 2. The summed E-state index contributed by atoms with van der Waals surface area (Å²) in [6.07, 6.45) is 0.460. The Morgan fingerprint density at radius 2 is 1.57 bits per heavy atom. The van der Waals surface area contributed by atoms with Crippen molar-refractivity contribution in [2.75, 3.05) is 19.6 Å². The number of carbonyl (C=O) groups is 5. The van der Waals surface area contributed by atoms with E-state index in [1.807, 2.05) is 0 Å². The predicted molar refractivity (Wildman–Crippen MR) is 128 cm³/mol. The lowest BCUT2D eigenvalue weighted by Crippen LogP contribution is -2.49. The quantitative estimate of drug-likeness (QED) is 0.630. The van der Waals surface area contributed by atoms with Crippen LogP contribution in [0, 0.1) is 0 Å². The van der Waals surface area contributed by atoms with E-state index in [-0.39, 0.29) is 35.9 Å². The fourth-order valence-electron chi connectivity index (χ4n) is 4.14. The minimum absolute atomic E-state index is 0.119. The molecule has 0 bridgehead atoms. The molecule has 2 N–H and O–H groups in total. The maximum absolute atomic E-state index is 13.1. The van der Waals surface area contributed by atoms with Crippen molar-refractivity contribution in [2.45, 2.75) is 71.6 Å². The van der Waals surface area contributed by atoms with E-state index < -0.39 is 23.1 Å². The van der Waals surface area contributed by atoms with Crippen LogP contribution in [-0.2, 0) is 9.53 Å². The van der Waals surface area contributed by atoms with Gasteiger partial charge in [-0.05, 0) is 72.6 Å². The molecule has 35 heavy (non-hydrogen) atoms. The topological polar surface area (TPSA) is 125 Å². The third-order valence-electron chi connectivity index (χ3n) is 5.74.